The molecule has 0 aromatic rings. The van der Waals surface area contributed by atoms with Gasteiger partial charge < -0.3 is 10.2 Å². The van der Waals surface area contributed by atoms with Crippen LogP contribution in [0.2, 0.25) is 0 Å². The van der Waals surface area contributed by atoms with Crippen LogP contribution in [0, 0.1) is 11.8 Å². The zero-order chi connectivity index (χ0) is 11.3. The van der Waals surface area contributed by atoms with Crippen LogP contribution in [0.25, 0.3) is 0 Å². The van der Waals surface area contributed by atoms with Gasteiger partial charge in [-0.3, -0.25) is 0 Å². The summed E-state index contributed by atoms with van der Waals surface area (Å²) in [6.45, 7) is 7.08. The molecule has 0 bridgehead atoms. The van der Waals surface area contributed by atoms with Crippen LogP contribution in [0.15, 0.2) is 0 Å². The molecule has 1 rings (SSSR count). The summed E-state index contributed by atoms with van der Waals surface area (Å²) in [6, 6.07) is 0.848. The van der Waals surface area contributed by atoms with Crippen molar-refractivity contribution in [2.24, 2.45) is 11.8 Å². The van der Waals surface area contributed by atoms with E-state index in [1.807, 2.05) is 0 Å². The molecule has 0 atom stereocenters. The smallest absolute Gasteiger partial charge is 0.00925 e. The van der Waals surface area contributed by atoms with Crippen LogP contribution in [-0.4, -0.2) is 38.1 Å². The Morgan fingerprint density at radius 3 is 2.27 bits per heavy atom. The lowest BCUT2D eigenvalue weighted by atomic mass is 9.85. The highest BCUT2D eigenvalue weighted by Gasteiger charge is 2.23. The number of rotatable bonds is 5. The molecule has 0 saturated heterocycles. The van der Waals surface area contributed by atoms with Crippen molar-refractivity contribution in [2.75, 3.05) is 27.2 Å². The lowest BCUT2D eigenvalue weighted by Crippen LogP contribution is -2.38. The molecule has 90 valence electrons. The second-order valence-electron chi connectivity index (χ2n) is 5.57. The van der Waals surface area contributed by atoms with E-state index in [0.29, 0.717) is 0 Å². The quantitative estimate of drug-likeness (QED) is 0.752. The summed E-state index contributed by atoms with van der Waals surface area (Å²) in [5.41, 5.74) is 0. The molecule has 0 heterocycles. The van der Waals surface area contributed by atoms with E-state index < -0.39 is 0 Å². The maximum absolute atomic E-state index is 3.30. The molecule has 1 saturated carbocycles. The minimum absolute atomic E-state index is 0.796. The molecule has 1 aliphatic carbocycles. The summed E-state index contributed by atoms with van der Waals surface area (Å²) >= 11 is 0. The molecule has 15 heavy (non-hydrogen) atoms. The van der Waals surface area contributed by atoms with Crippen LogP contribution in [0.1, 0.15) is 39.5 Å². The van der Waals surface area contributed by atoms with Crippen molar-refractivity contribution in [3.63, 3.8) is 0 Å². The van der Waals surface area contributed by atoms with Gasteiger partial charge in [0, 0.05) is 12.6 Å². The van der Waals surface area contributed by atoms with Crippen molar-refractivity contribution < 1.29 is 0 Å². The van der Waals surface area contributed by atoms with Crippen molar-refractivity contribution in [1.82, 2.24) is 10.2 Å². The topological polar surface area (TPSA) is 15.3 Å². The SMILES string of the molecule is CNCC1CCC(N(C)CC(C)C)CC1. The predicted molar refractivity (Wildman–Crippen MR) is 67.1 cm³/mol. The van der Waals surface area contributed by atoms with Crippen molar-refractivity contribution >= 4 is 0 Å². The molecular weight excluding hydrogens is 184 g/mol. The van der Waals surface area contributed by atoms with E-state index in [-0.39, 0.29) is 0 Å². The van der Waals surface area contributed by atoms with Gasteiger partial charge in [-0.15, -0.1) is 0 Å². The van der Waals surface area contributed by atoms with Gasteiger partial charge in [-0.05, 0) is 58.2 Å². The van der Waals surface area contributed by atoms with E-state index in [0.717, 1.165) is 17.9 Å². The Kier molecular flexibility index (Phi) is 5.62. The molecule has 0 aromatic carbocycles. The maximum Gasteiger partial charge on any atom is 0.00925 e. The number of nitrogens with one attached hydrogen (secondary N) is 1. The van der Waals surface area contributed by atoms with Crippen LogP contribution in [0.5, 0.6) is 0 Å². The summed E-state index contributed by atoms with van der Waals surface area (Å²) in [4.78, 5) is 2.57. The number of hydrogen-bond acceptors (Lipinski definition) is 2. The third-order valence-corrected chi connectivity index (χ3v) is 3.59. The molecule has 0 unspecified atom stereocenters. The Morgan fingerprint density at radius 2 is 1.80 bits per heavy atom. The Balaban J connectivity index is 2.24. The fourth-order valence-electron chi connectivity index (χ4n) is 2.80. The van der Waals surface area contributed by atoms with Gasteiger partial charge in [0.25, 0.3) is 0 Å². The highest BCUT2D eigenvalue weighted by atomic mass is 15.1. The summed E-state index contributed by atoms with van der Waals surface area (Å²) in [6.07, 6.45) is 5.62. The first-order chi connectivity index (χ1) is 7.13. The van der Waals surface area contributed by atoms with E-state index in [1.54, 1.807) is 0 Å². The van der Waals surface area contributed by atoms with Crippen LogP contribution in [0.3, 0.4) is 0 Å². The average molecular weight is 212 g/mol. The summed E-state index contributed by atoms with van der Waals surface area (Å²) in [5, 5.41) is 3.30. The van der Waals surface area contributed by atoms with Crippen LogP contribution < -0.4 is 5.32 Å². The van der Waals surface area contributed by atoms with Crippen molar-refractivity contribution in [1.29, 1.82) is 0 Å². The van der Waals surface area contributed by atoms with Gasteiger partial charge in [-0.1, -0.05) is 13.8 Å². The second kappa shape index (κ2) is 6.49. The average Bonchev–Trinajstić information content (AvgIpc) is 2.18. The molecule has 1 aliphatic rings. The molecule has 2 nitrogen and oxygen atoms in total. The Hall–Kier alpha value is -0.0800. The monoisotopic (exact) mass is 212 g/mol. The lowest BCUT2D eigenvalue weighted by molar-refractivity contribution is 0.151. The van der Waals surface area contributed by atoms with Gasteiger partial charge in [0.2, 0.25) is 0 Å². The van der Waals surface area contributed by atoms with Gasteiger partial charge in [-0.25, -0.2) is 0 Å². The Bertz CT molecular complexity index is 160. The largest absolute Gasteiger partial charge is 0.319 e. The van der Waals surface area contributed by atoms with Crippen LogP contribution in [-0.2, 0) is 0 Å². The number of nitrogens with zero attached hydrogens (tertiary/aromatic N) is 1. The van der Waals surface area contributed by atoms with Gasteiger partial charge in [0.15, 0.2) is 0 Å². The first-order valence-corrected chi connectivity index (χ1v) is 6.48. The molecular formula is C13H28N2. The summed E-state index contributed by atoms with van der Waals surface area (Å²) < 4.78 is 0. The fraction of sp³-hybridized carbons (Fsp3) is 1.00. The highest BCUT2D eigenvalue weighted by Crippen LogP contribution is 2.26. The van der Waals surface area contributed by atoms with Gasteiger partial charge in [0.05, 0.1) is 0 Å². The zero-order valence-corrected chi connectivity index (χ0v) is 10.9. The van der Waals surface area contributed by atoms with E-state index in [4.69, 9.17) is 0 Å². The number of hydrogen-bond donors (Lipinski definition) is 1. The van der Waals surface area contributed by atoms with E-state index >= 15 is 0 Å². The van der Waals surface area contributed by atoms with Gasteiger partial charge in [-0.2, -0.15) is 0 Å². The maximum atomic E-state index is 3.30. The fourth-order valence-corrected chi connectivity index (χ4v) is 2.80. The second-order valence-corrected chi connectivity index (χ2v) is 5.57. The molecule has 0 aliphatic heterocycles. The standard InChI is InChI=1S/C13H28N2/c1-11(2)10-15(4)13-7-5-12(6-8-13)9-14-3/h11-14H,5-10H2,1-4H3. The Labute approximate surface area is 95.4 Å². The molecule has 0 radical (unpaired) electrons. The summed E-state index contributed by atoms with van der Waals surface area (Å²) in [5.74, 6) is 1.73. The molecule has 2 heteroatoms. The van der Waals surface area contributed by atoms with Crippen molar-refractivity contribution in [2.45, 2.75) is 45.6 Å². The normalized spacial score (nSPS) is 27.6. The van der Waals surface area contributed by atoms with Crippen molar-refractivity contribution in [3.05, 3.63) is 0 Å². The first-order valence-electron chi connectivity index (χ1n) is 6.48. The van der Waals surface area contributed by atoms with Gasteiger partial charge in [0.1, 0.15) is 0 Å². The van der Waals surface area contributed by atoms with Gasteiger partial charge >= 0.3 is 0 Å². The van der Waals surface area contributed by atoms with E-state index in [2.05, 4.69) is 38.2 Å². The third kappa shape index (κ3) is 4.52. The van der Waals surface area contributed by atoms with Crippen LogP contribution in [0.4, 0.5) is 0 Å². The minimum Gasteiger partial charge on any atom is -0.319 e. The lowest BCUT2D eigenvalue weighted by Gasteiger charge is -2.35. The molecule has 1 fully saturated rings. The highest BCUT2D eigenvalue weighted by molar-refractivity contribution is 4.79. The molecule has 0 amide bonds. The van der Waals surface area contributed by atoms with E-state index in [1.165, 1.54) is 38.8 Å². The molecule has 1 N–H and O–H groups in total. The van der Waals surface area contributed by atoms with Crippen LogP contribution >= 0.6 is 0 Å². The summed E-state index contributed by atoms with van der Waals surface area (Å²) in [7, 11) is 4.36. The molecule has 0 spiro atoms. The Morgan fingerprint density at radius 1 is 1.20 bits per heavy atom. The van der Waals surface area contributed by atoms with Crippen molar-refractivity contribution in [3.8, 4) is 0 Å². The molecule has 0 aromatic heterocycles. The minimum atomic E-state index is 0.796. The third-order valence-electron chi connectivity index (χ3n) is 3.59. The predicted octanol–water partition coefficient (Wildman–Crippen LogP) is 2.35. The zero-order valence-electron chi connectivity index (χ0n) is 10.9. The van der Waals surface area contributed by atoms with E-state index in [9.17, 15) is 0 Å². The first kappa shape index (κ1) is 13.0.